The van der Waals surface area contributed by atoms with E-state index >= 15 is 0 Å². The second-order valence-electron chi connectivity index (χ2n) is 11.3. The number of benzene rings is 2. The molecule has 0 radical (unpaired) electrons. The van der Waals surface area contributed by atoms with E-state index in [4.69, 9.17) is 9.47 Å². The number of methoxy groups -OCH3 is 2. The molecule has 0 aliphatic heterocycles. The maximum absolute atomic E-state index is 12.0. The van der Waals surface area contributed by atoms with Gasteiger partial charge in [0.05, 0.1) is 14.2 Å². The zero-order valence-corrected chi connectivity index (χ0v) is 21.2. The zero-order chi connectivity index (χ0) is 24.2. The molecule has 0 amide bonds. The average Bonchev–Trinajstić information content (AvgIpc) is 3.64. The van der Waals surface area contributed by atoms with Crippen LogP contribution in [0.1, 0.15) is 81.3 Å². The number of carbonyl (C=O) groups is 2. The van der Waals surface area contributed by atoms with Gasteiger partial charge in [-0.1, -0.05) is 12.1 Å². The van der Waals surface area contributed by atoms with Crippen molar-refractivity contribution in [1.29, 1.82) is 0 Å². The van der Waals surface area contributed by atoms with Crippen LogP contribution in [-0.4, -0.2) is 26.2 Å². The third-order valence-corrected chi connectivity index (χ3v) is 9.30. The van der Waals surface area contributed by atoms with Crippen molar-refractivity contribution in [3.8, 4) is 0 Å². The molecule has 0 heterocycles. The number of hydrogen-bond donors (Lipinski definition) is 0. The van der Waals surface area contributed by atoms with Crippen LogP contribution in [0, 0.1) is 5.41 Å². The molecule has 0 saturated heterocycles. The first-order valence-electron chi connectivity index (χ1n) is 13.4. The van der Waals surface area contributed by atoms with Gasteiger partial charge in [-0.25, -0.2) is 0 Å². The van der Waals surface area contributed by atoms with Crippen LogP contribution in [0.15, 0.2) is 12.1 Å². The molecule has 4 aliphatic rings. The van der Waals surface area contributed by atoms with Crippen molar-refractivity contribution in [3.63, 3.8) is 0 Å². The highest BCUT2D eigenvalue weighted by Gasteiger charge is 2.45. The van der Waals surface area contributed by atoms with Gasteiger partial charge in [0.1, 0.15) is 0 Å². The summed E-state index contributed by atoms with van der Waals surface area (Å²) in [7, 11) is 2.98. The van der Waals surface area contributed by atoms with E-state index in [-0.39, 0.29) is 17.4 Å². The second-order valence-corrected chi connectivity index (χ2v) is 11.3. The minimum atomic E-state index is -0.111. The molecule has 0 aromatic heterocycles. The highest BCUT2D eigenvalue weighted by molar-refractivity contribution is 5.70. The summed E-state index contributed by atoms with van der Waals surface area (Å²) in [5.41, 5.74) is 15.4. The van der Waals surface area contributed by atoms with Crippen molar-refractivity contribution in [3.05, 3.63) is 67.8 Å². The molecule has 35 heavy (non-hydrogen) atoms. The second kappa shape index (κ2) is 8.80. The molecule has 4 aliphatic carbocycles. The molecule has 2 aromatic rings. The van der Waals surface area contributed by atoms with Crippen molar-refractivity contribution in [2.75, 3.05) is 14.2 Å². The topological polar surface area (TPSA) is 52.6 Å². The van der Waals surface area contributed by atoms with Gasteiger partial charge in [0, 0.05) is 12.8 Å². The molecular weight excluding hydrogens is 436 g/mol. The molecule has 2 aromatic carbocycles. The van der Waals surface area contributed by atoms with Crippen molar-refractivity contribution in [2.45, 2.75) is 89.9 Å². The van der Waals surface area contributed by atoms with Crippen molar-refractivity contribution >= 4 is 11.9 Å². The van der Waals surface area contributed by atoms with Gasteiger partial charge in [-0.3, -0.25) is 9.59 Å². The molecule has 1 spiro atoms. The summed E-state index contributed by atoms with van der Waals surface area (Å²) >= 11 is 0. The summed E-state index contributed by atoms with van der Waals surface area (Å²) in [5.74, 6) is -0.222. The van der Waals surface area contributed by atoms with Gasteiger partial charge in [-0.15, -0.1) is 0 Å². The van der Waals surface area contributed by atoms with E-state index in [9.17, 15) is 9.59 Å². The van der Waals surface area contributed by atoms with E-state index < -0.39 is 0 Å². The Bertz CT molecular complexity index is 1130. The lowest BCUT2D eigenvalue weighted by Gasteiger charge is -2.23. The van der Waals surface area contributed by atoms with Crippen molar-refractivity contribution in [2.24, 2.45) is 5.41 Å². The summed E-state index contributed by atoms with van der Waals surface area (Å²) < 4.78 is 9.95. The normalized spacial score (nSPS) is 18.3. The monoisotopic (exact) mass is 472 g/mol. The Kier molecular flexibility index (Phi) is 5.74. The first-order chi connectivity index (χ1) is 17.0. The van der Waals surface area contributed by atoms with Crippen LogP contribution in [0.3, 0.4) is 0 Å². The smallest absolute Gasteiger partial charge is 0.305 e. The third kappa shape index (κ3) is 3.90. The van der Waals surface area contributed by atoms with Crippen LogP contribution in [0.5, 0.6) is 0 Å². The van der Waals surface area contributed by atoms with Crippen LogP contribution in [0.25, 0.3) is 0 Å². The zero-order valence-electron chi connectivity index (χ0n) is 21.2. The lowest BCUT2D eigenvalue weighted by molar-refractivity contribution is -0.141. The van der Waals surface area contributed by atoms with Crippen molar-refractivity contribution in [1.82, 2.24) is 0 Å². The number of fused-ring (bicyclic) bond motifs is 4. The minimum Gasteiger partial charge on any atom is -0.469 e. The van der Waals surface area contributed by atoms with Gasteiger partial charge in [0.2, 0.25) is 0 Å². The fourth-order valence-electron chi connectivity index (χ4n) is 7.84. The Labute approximate surface area is 208 Å². The van der Waals surface area contributed by atoms with Gasteiger partial charge in [-0.2, -0.15) is 0 Å². The number of esters is 2. The first kappa shape index (κ1) is 22.8. The lowest BCUT2D eigenvalue weighted by atomic mass is 9.81. The SMILES string of the molecule is COC(=O)CCc1c2c(cc3c1CC1(C3)Cc3cc4c(c(CCC(=O)OC)c3C1)CCC4)CCC2. The van der Waals surface area contributed by atoms with Crippen LogP contribution in [-0.2, 0) is 83.3 Å². The molecule has 4 nitrogen and oxygen atoms in total. The van der Waals surface area contributed by atoms with E-state index in [0.29, 0.717) is 12.8 Å². The number of rotatable bonds is 6. The molecule has 184 valence electrons. The number of ether oxygens (including phenoxy) is 2. The summed E-state index contributed by atoms with van der Waals surface area (Å²) in [6.07, 6.45) is 14.2. The van der Waals surface area contributed by atoms with Gasteiger partial charge in [0.25, 0.3) is 0 Å². The Balaban J connectivity index is 1.33. The fourth-order valence-corrected chi connectivity index (χ4v) is 7.84. The summed E-state index contributed by atoms with van der Waals surface area (Å²) in [6, 6.07) is 5.02. The molecule has 0 fully saturated rings. The van der Waals surface area contributed by atoms with E-state index in [1.807, 2.05) is 0 Å². The van der Waals surface area contributed by atoms with E-state index in [2.05, 4.69) is 12.1 Å². The predicted molar refractivity (Wildman–Crippen MR) is 135 cm³/mol. The molecule has 4 heteroatoms. The Hall–Kier alpha value is -2.62. The molecule has 0 unspecified atom stereocenters. The number of hydrogen-bond acceptors (Lipinski definition) is 4. The maximum atomic E-state index is 12.0. The van der Waals surface area contributed by atoms with E-state index in [0.717, 1.165) is 51.4 Å². The molecule has 0 N–H and O–H groups in total. The van der Waals surface area contributed by atoms with Crippen LogP contribution >= 0.6 is 0 Å². The molecular formula is C31H36O4. The average molecular weight is 473 g/mol. The third-order valence-electron chi connectivity index (χ3n) is 9.30. The van der Waals surface area contributed by atoms with Gasteiger partial charge in [0.15, 0.2) is 0 Å². The number of carbonyl (C=O) groups excluding carboxylic acids is 2. The van der Waals surface area contributed by atoms with E-state index in [1.54, 1.807) is 0 Å². The minimum absolute atomic E-state index is 0.111. The molecule has 0 saturated carbocycles. The van der Waals surface area contributed by atoms with Gasteiger partial charge in [-0.05, 0) is 138 Å². The van der Waals surface area contributed by atoms with Crippen LogP contribution < -0.4 is 0 Å². The predicted octanol–water partition coefficient (Wildman–Crippen LogP) is 4.76. The van der Waals surface area contributed by atoms with Crippen LogP contribution in [0.2, 0.25) is 0 Å². The lowest BCUT2D eigenvalue weighted by Crippen LogP contribution is -2.22. The van der Waals surface area contributed by atoms with Gasteiger partial charge >= 0.3 is 11.9 Å². The quantitative estimate of drug-likeness (QED) is 0.569. The summed E-state index contributed by atoms with van der Waals surface area (Å²) in [5, 5.41) is 0. The maximum Gasteiger partial charge on any atom is 0.305 e. The fraction of sp³-hybridized carbons (Fsp3) is 0.548. The highest BCUT2D eigenvalue weighted by Crippen LogP contribution is 2.51. The molecule has 0 atom stereocenters. The largest absolute Gasteiger partial charge is 0.469 e. The Morgan fingerprint density at radius 3 is 1.54 bits per heavy atom. The Morgan fingerprint density at radius 2 is 1.11 bits per heavy atom. The van der Waals surface area contributed by atoms with Crippen LogP contribution in [0.4, 0.5) is 0 Å². The van der Waals surface area contributed by atoms with E-state index in [1.165, 1.54) is 95.5 Å². The van der Waals surface area contributed by atoms with Crippen molar-refractivity contribution < 1.29 is 19.1 Å². The standard InChI is InChI=1S/C31H36O4/c1-34-29(32)11-9-25-23-7-3-5-19(23)13-21-15-31(17-27(21)25)16-22-14-20-6-4-8-24(20)26(28(22)18-31)10-12-30(33)35-2/h13-14H,3-12,15-18H2,1-2H3. The molecule has 6 rings (SSSR count). The first-order valence-corrected chi connectivity index (χ1v) is 13.4. The molecule has 0 bridgehead atoms. The summed E-state index contributed by atoms with van der Waals surface area (Å²) in [6.45, 7) is 0. The highest BCUT2D eigenvalue weighted by atomic mass is 16.5. The number of aryl methyl sites for hydroxylation is 2. The van der Waals surface area contributed by atoms with Gasteiger partial charge < -0.3 is 9.47 Å². The Morgan fingerprint density at radius 1 is 0.657 bits per heavy atom. The summed E-state index contributed by atoms with van der Waals surface area (Å²) in [4.78, 5) is 24.0.